The predicted molar refractivity (Wildman–Crippen MR) is 124 cm³/mol. The third-order valence-corrected chi connectivity index (χ3v) is 5.19. The smallest absolute Gasteiger partial charge is 0.344 e. The molecule has 0 N–H and O–H groups in total. The Kier molecular flexibility index (Phi) is 8.24. The minimum absolute atomic E-state index is 0.254. The van der Waals surface area contributed by atoms with Crippen molar-refractivity contribution in [2.45, 2.75) is 0 Å². The number of benzene rings is 2. The number of hydrogen-bond acceptors (Lipinski definition) is 9. The van der Waals surface area contributed by atoms with E-state index in [1.807, 2.05) is 6.07 Å². The van der Waals surface area contributed by atoms with Crippen LogP contribution in [0.1, 0.15) is 0 Å². The number of ether oxygens (including phenoxy) is 7. The lowest BCUT2D eigenvalue weighted by Crippen LogP contribution is -2.13. The van der Waals surface area contributed by atoms with Gasteiger partial charge < -0.3 is 37.6 Å². The Balaban J connectivity index is 1.70. The molecule has 0 aliphatic carbocycles. The van der Waals surface area contributed by atoms with E-state index >= 15 is 0 Å². The van der Waals surface area contributed by atoms with Crippen LogP contribution in [0.3, 0.4) is 0 Å². The molecule has 2 aromatic carbocycles. The Bertz CT molecular complexity index is 1130. The molecule has 34 heavy (non-hydrogen) atoms. The number of methoxy groups -OCH3 is 2. The molecular formula is C25H28O9. The van der Waals surface area contributed by atoms with Gasteiger partial charge in [-0.2, -0.15) is 0 Å². The van der Waals surface area contributed by atoms with Crippen LogP contribution in [0.15, 0.2) is 45.6 Å². The standard InChI is InChI=1S/C25H28O9/c1-27-19-13-18(14-20(16-19)28-2)21-15-17-3-4-22-24(23(17)34-25(21)26)33-12-10-31-8-6-29-5-7-30-9-11-32-22/h3-4,13-16H,5-12H2,1-2H3. The Morgan fingerprint density at radius 3 is 1.91 bits per heavy atom. The Hall–Kier alpha value is -3.27. The average molecular weight is 472 g/mol. The first-order chi connectivity index (χ1) is 16.7. The number of hydrogen-bond donors (Lipinski definition) is 0. The van der Waals surface area contributed by atoms with Crippen LogP contribution < -0.4 is 24.6 Å². The van der Waals surface area contributed by atoms with Crippen LogP contribution in [0.2, 0.25) is 0 Å². The minimum Gasteiger partial charge on any atom is -0.497 e. The van der Waals surface area contributed by atoms with Crippen molar-refractivity contribution < 1.29 is 37.6 Å². The summed E-state index contributed by atoms with van der Waals surface area (Å²) in [4.78, 5) is 13.0. The summed E-state index contributed by atoms with van der Waals surface area (Å²) in [6.07, 6.45) is 0. The van der Waals surface area contributed by atoms with Gasteiger partial charge in [0.2, 0.25) is 5.75 Å². The molecule has 182 valence electrons. The summed E-state index contributed by atoms with van der Waals surface area (Å²) in [5.41, 5.74) is 0.773. The molecular weight excluding hydrogens is 444 g/mol. The van der Waals surface area contributed by atoms with Gasteiger partial charge >= 0.3 is 5.63 Å². The summed E-state index contributed by atoms with van der Waals surface area (Å²) in [6, 6.07) is 10.6. The molecule has 0 fully saturated rings. The van der Waals surface area contributed by atoms with Gasteiger partial charge in [0.15, 0.2) is 11.3 Å². The summed E-state index contributed by atoms with van der Waals surface area (Å²) < 4.78 is 44.7. The Labute approximate surface area is 197 Å². The highest BCUT2D eigenvalue weighted by Crippen LogP contribution is 2.37. The molecule has 9 heteroatoms. The number of rotatable bonds is 3. The molecule has 0 amide bonds. The van der Waals surface area contributed by atoms with Gasteiger partial charge in [0.1, 0.15) is 24.7 Å². The van der Waals surface area contributed by atoms with Gasteiger partial charge in [-0.25, -0.2) is 4.79 Å². The van der Waals surface area contributed by atoms with Crippen molar-refractivity contribution in [3.63, 3.8) is 0 Å². The van der Waals surface area contributed by atoms with E-state index in [1.165, 1.54) is 0 Å². The maximum atomic E-state index is 13.0. The first-order valence-electron chi connectivity index (χ1n) is 11.0. The van der Waals surface area contributed by atoms with E-state index in [4.69, 9.17) is 37.6 Å². The van der Waals surface area contributed by atoms with Crippen LogP contribution >= 0.6 is 0 Å². The van der Waals surface area contributed by atoms with E-state index < -0.39 is 5.63 Å². The zero-order valence-electron chi connectivity index (χ0n) is 19.3. The molecule has 0 saturated heterocycles. The average Bonchev–Trinajstić information content (AvgIpc) is 2.87. The largest absolute Gasteiger partial charge is 0.497 e. The first kappa shape index (κ1) is 23.9. The summed E-state index contributed by atoms with van der Waals surface area (Å²) in [5.74, 6) is 1.94. The van der Waals surface area contributed by atoms with Gasteiger partial charge in [0, 0.05) is 11.5 Å². The lowest BCUT2D eigenvalue weighted by atomic mass is 10.0. The molecule has 0 radical (unpaired) electrons. The molecule has 1 aromatic heterocycles. The van der Waals surface area contributed by atoms with Gasteiger partial charge in [0.05, 0.1) is 59.4 Å². The lowest BCUT2D eigenvalue weighted by Gasteiger charge is -2.15. The monoisotopic (exact) mass is 472 g/mol. The van der Waals surface area contributed by atoms with E-state index in [0.29, 0.717) is 91.3 Å². The highest BCUT2D eigenvalue weighted by molar-refractivity contribution is 5.88. The van der Waals surface area contributed by atoms with Crippen LogP contribution in [-0.2, 0) is 14.2 Å². The molecule has 0 saturated carbocycles. The highest BCUT2D eigenvalue weighted by atomic mass is 16.6. The molecule has 0 unspecified atom stereocenters. The van der Waals surface area contributed by atoms with Crippen LogP contribution in [-0.4, -0.2) is 67.1 Å². The molecule has 9 nitrogen and oxygen atoms in total. The third kappa shape index (κ3) is 5.80. The molecule has 0 bridgehead atoms. The van der Waals surface area contributed by atoms with Gasteiger partial charge in [-0.1, -0.05) is 0 Å². The zero-order chi connectivity index (χ0) is 23.8. The Morgan fingerprint density at radius 1 is 0.706 bits per heavy atom. The van der Waals surface area contributed by atoms with Crippen LogP contribution in [0.4, 0.5) is 0 Å². The molecule has 0 spiro atoms. The minimum atomic E-state index is -0.521. The second kappa shape index (κ2) is 11.7. The fourth-order valence-electron chi connectivity index (χ4n) is 3.51. The van der Waals surface area contributed by atoms with Crippen molar-refractivity contribution in [2.24, 2.45) is 0 Å². The van der Waals surface area contributed by atoms with Gasteiger partial charge in [-0.15, -0.1) is 0 Å². The second-order valence-electron chi connectivity index (χ2n) is 7.39. The van der Waals surface area contributed by atoms with E-state index in [-0.39, 0.29) is 6.61 Å². The van der Waals surface area contributed by atoms with Crippen molar-refractivity contribution in [1.82, 2.24) is 0 Å². The van der Waals surface area contributed by atoms with Crippen molar-refractivity contribution >= 4 is 11.0 Å². The van der Waals surface area contributed by atoms with Crippen LogP contribution in [0.5, 0.6) is 23.0 Å². The maximum Gasteiger partial charge on any atom is 0.344 e. The van der Waals surface area contributed by atoms with Crippen molar-refractivity contribution in [3.05, 3.63) is 46.8 Å². The first-order valence-corrected chi connectivity index (χ1v) is 11.0. The van der Waals surface area contributed by atoms with Gasteiger partial charge in [0.25, 0.3) is 0 Å². The molecule has 2 heterocycles. The van der Waals surface area contributed by atoms with E-state index in [9.17, 15) is 4.79 Å². The second-order valence-corrected chi connectivity index (χ2v) is 7.39. The summed E-state index contributed by atoms with van der Waals surface area (Å²) >= 11 is 0. The molecule has 1 aliphatic heterocycles. The van der Waals surface area contributed by atoms with Gasteiger partial charge in [-0.3, -0.25) is 0 Å². The van der Waals surface area contributed by atoms with E-state index in [1.54, 1.807) is 44.6 Å². The fourth-order valence-corrected chi connectivity index (χ4v) is 3.51. The van der Waals surface area contributed by atoms with E-state index in [2.05, 4.69) is 0 Å². The van der Waals surface area contributed by atoms with Crippen molar-refractivity contribution in [1.29, 1.82) is 0 Å². The topological polar surface area (TPSA) is 94.8 Å². The van der Waals surface area contributed by atoms with E-state index in [0.717, 1.165) is 0 Å². The zero-order valence-corrected chi connectivity index (χ0v) is 19.3. The SMILES string of the molecule is COc1cc(OC)cc(-c2cc3ccc4c(c3oc2=O)OCCOCCOCCOCCO4)c1. The maximum absolute atomic E-state index is 13.0. The van der Waals surface area contributed by atoms with Crippen LogP contribution in [0.25, 0.3) is 22.1 Å². The summed E-state index contributed by atoms with van der Waals surface area (Å²) in [7, 11) is 3.11. The molecule has 0 atom stereocenters. The predicted octanol–water partition coefficient (Wildman–Crippen LogP) is 3.30. The Morgan fingerprint density at radius 2 is 1.29 bits per heavy atom. The van der Waals surface area contributed by atoms with Crippen molar-refractivity contribution in [2.75, 3.05) is 67.1 Å². The summed E-state index contributed by atoms with van der Waals surface area (Å²) in [5, 5.41) is 0.683. The summed E-state index contributed by atoms with van der Waals surface area (Å²) in [6.45, 7) is 3.19. The third-order valence-electron chi connectivity index (χ3n) is 5.19. The number of fused-ring (bicyclic) bond motifs is 3. The normalized spacial score (nSPS) is 15.8. The van der Waals surface area contributed by atoms with Gasteiger partial charge in [-0.05, 0) is 35.9 Å². The molecule has 4 rings (SSSR count). The quantitative estimate of drug-likeness (QED) is 0.532. The van der Waals surface area contributed by atoms with Crippen molar-refractivity contribution in [3.8, 4) is 34.1 Å². The van der Waals surface area contributed by atoms with Crippen LogP contribution in [0, 0.1) is 0 Å². The molecule has 1 aliphatic rings. The lowest BCUT2D eigenvalue weighted by molar-refractivity contribution is 0.00709. The fraction of sp³-hybridized carbons (Fsp3) is 0.400. The molecule has 3 aromatic rings. The highest BCUT2D eigenvalue weighted by Gasteiger charge is 2.18.